The normalized spacial score (nSPS) is 11.3. The molecule has 1 amide bonds. The van der Waals surface area contributed by atoms with Gasteiger partial charge in [0.1, 0.15) is 27.9 Å². The number of amides is 1. The second-order valence-corrected chi connectivity index (χ2v) is 8.07. The van der Waals surface area contributed by atoms with Crippen LogP contribution >= 0.6 is 0 Å². The highest BCUT2D eigenvalue weighted by Crippen LogP contribution is 2.28. The van der Waals surface area contributed by atoms with Crippen LogP contribution in [0.2, 0.25) is 0 Å². The Morgan fingerprint density at radius 2 is 1.81 bits per heavy atom. The number of fused-ring (bicyclic) bond motifs is 1. The first kappa shape index (κ1) is 21.2. The van der Waals surface area contributed by atoms with Gasteiger partial charge in [0.25, 0.3) is 10.0 Å². The number of benzene rings is 2. The van der Waals surface area contributed by atoms with Gasteiger partial charge < -0.3 is 9.72 Å². The average Bonchev–Trinajstić information content (AvgIpc) is 3.21. The largest absolute Gasteiger partial charge is 0.417 e. The Labute approximate surface area is 179 Å². The fraction of sp³-hybridized carbons (Fsp3) is 0. The first-order chi connectivity index (χ1) is 15.2. The van der Waals surface area contributed by atoms with Gasteiger partial charge in [-0.3, -0.25) is 10.0 Å². The number of carbonyl (C=O) groups is 1. The van der Waals surface area contributed by atoms with E-state index in [0.29, 0.717) is 11.0 Å². The van der Waals surface area contributed by atoms with Gasteiger partial charge >= 0.3 is 6.09 Å². The lowest BCUT2D eigenvalue weighted by Crippen LogP contribution is -2.20. The number of H-pyrrole nitrogens is 1. The zero-order valence-electron chi connectivity index (χ0n) is 15.9. The smallest absolute Gasteiger partial charge is 0.408 e. The van der Waals surface area contributed by atoms with E-state index in [-0.39, 0.29) is 5.75 Å². The van der Waals surface area contributed by atoms with E-state index >= 15 is 0 Å². The van der Waals surface area contributed by atoms with Gasteiger partial charge in [-0.25, -0.2) is 31.4 Å². The summed E-state index contributed by atoms with van der Waals surface area (Å²) < 4.78 is 74.4. The van der Waals surface area contributed by atoms with Crippen LogP contribution < -0.4 is 14.8 Å². The number of rotatable bonds is 5. The summed E-state index contributed by atoms with van der Waals surface area (Å²) in [5.41, 5.74) is -1.12. The minimum Gasteiger partial charge on any atom is -0.408 e. The molecule has 0 saturated heterocycles. The van der Waals surface area contributed by atoms with Crippen LogP contribution in [0.4, 0.5) is 29.3 Å². The molecule has 4 rings (SSSR count). The fourth-order valence-corrected chi connectivity index (χ4v) is 3.96. The van der Waals surface area contributed by atoms with Crippen LogP contribution in [0.5, 0.6) is 5.75 Å². The van der Waals surface area contributed by atoms with Crippen LogP contribution in [0, 0.1) is 17.5 Å². The highest BCUT2D eigenvalue weighted by atomic mass is 32.2. The summed E-state index contributed by atoms with van der Waals surface area (Å²) in [6.07, 6.45) is 1.61. The van der Waals surface area contributed by atoms with Gasteiger partial charge in [-0.05, 0) is 36.4 Å². The average molecular weight is 462 g/mol. The van der Waals surface area contributed by atoms with Crippen LogP contribution in [-0.4, -0.2) is 24.5 Å². The van der Waals surface area contributed by atoms with Crippen LogP contribution in [0.3, 0.4) is 0 Å². The topological polar surface area (TPSA) is 113 Å². The van der Waals surface area contributed by atoms with Gasteiger partial charge in [-0.2, -0.15) is 0 Å². The molecule has 164 valence electrons. The number of hydrogen-bond donors (Lipinski definition) is 3. The number of sulfonamides is 1. The maximum atomic E-state index is 14.8. The fourth-order valence-electron chi connectivity index (χ4n) is 2.82. The van der Waals surface area contributed by atoms with Crippen molar-refractivity contribution in [2.24, 2.45) is 0 Å². The minimum absolute atomic E-state index is 0.00632. The van der Waals surface area contributed by atoms with Crippen molar-refractivity contribution in [3.8, 4) is 5.75 Å². The molecule has 3 N–H and O–H groups in total. The summed E-state index contributed by atoms with van der Waals surface area (Å²) in [4.78, 5) is 18.3. The van der Waals surface area contributed by atoms with Crippen molar-refractivity contribution in [2.45, 2.75) is 4.90 Å². The Morgan fingerprint density at radius 1 is 1.03 bits per heavy atom. The number of ether oxygens (including phenoxy) is 1. The summed E-state index contributed by atoms with van der Waals surface area (Å²) in [7, 11) is -4.53. The van der Waals surface area contributed by atoms with Crippen LogP contribution in [-0.2, 0) is 10.0 Å². The van der Waals surface area contributed by atoms with Gasteiger partial charge in [0.15, 0.2) is 11.6 Å². The van der Waals surface area contributed by atoms with E-state index in [4.69, 9.17) is 4.74 Å². The maximum absolute atomic E-state index is 14.8. The minimum atomic E-state index is -4.53. The molecule has 0 saturated carbocycles. The first-order valence-corrected chi connectivity index (χ1v) is 10.4. The summed E-state index contributed by atoms with van der Waals surface area (Å²) in [6, 6.07) is 9.13. The van der Waals surface area contributed by atoms with Crippen LogP contribution in [0.25, 0.3) is 11.0 Å². The lowest BCUT2D eigenvalue weighted by atomic mass is 10.2. The van der Waals surface area contributed by atoms with Crippen molar-refractivity contribution >= 4 is 38.5 Å². The van der Waals surface area contributed by atoms with Crippen molar-refractivity contribution in [2.75, 3.05) is 10.0 Å². The standard InChI is InChI=1S/C20H13F3N4O4S/c21-13-3-1-2-4-16(13)32(29,30)27-15-6-5-14(22)18(17(15)23)26-20(28)31-12-9-11-7-8-24-19(11)25-10-12/h1-10,27H,(H,24,25)(H,26,28). The van der Waals surface area contributed by atoms with Crippen LogP contribution in [0.1, 0.15) is 0 Å². The molecule has 0 spiro atoms. The molecule has 0 aliphatic heterocycles. The van der Waals surface area contributed by atoms with Crippen molar-refractivity contribution in [1.82, 2.24) is 9.97 Å². The van der Waals surface area contributed by atoms with Gasteiger partial charge in [-0.1, -0.05) is 12.1 Å². The Morgan fingerprint density at radius 3 is 2.59 bits per heavy atom. The molecule has 0 aliphatic rings. The van der Waals surface area contributed by atoms with Gasteiger partial charge in [0.2, 0.25) is 0 Å². The van der Waals surface area contributed by atoms with E-state index in [1.54, 1.807) is 12.3 Å². The number of pyridine rings is 1. The van der Waals surface area contributed by atoms with Gasteiger partial charge in [0, 0.05) is 11.6 Å². The summed E-state index contributed by atoms with van der Waals surface area (Å²) in [5, 5.41) is 2.53. The van der Waals surface area contributed by atoms with Gasteiger partial charge in [0.05, 0.1) is 11.9 Å². The molecule has 32 heavy (non-hydrogen) atoms. The molecule has 2 aromatic carbocycles. The monoisotopic (exact) mass is 462 g/mol. The molecule has 12 heteroatoms. The summed E-state index contributed by atoms with van der Waals surface area (Å²) in [6.45, 7) is 0. The number of nitrogens with zero attached hydrogens (tertiary/aromatic N) is 1. The van der Waals surface area contributed by atoms with E-state index in [1.165, 1.54) is 24.4 Å². The second kappa shape index (κ2) is 8.23. The Kier molecular flexibility index (Phi) is 5.45. The summed E-state index contributed by atoms with van der Waals surface area (Å²) >= 11 is 0. The molecule has 4 aromatic rings. The van der Waals surface area contributed by atoms with E-state index in [1.807, 2.05) is 10.0 Å². The lowest BCUT2D eigenvalue weighted by molar-refractivity contribution is 0.215. The zero-order valence-corrected chi connectivity index (χ0v) is 16.7. The van der Waals surface area contributed by atoms with Crippen molar-refractivity contribution in [3.05, 3.63) is 78.4 Å². The molecule has 0 unspecified atom stereocenters. The highest BCUT2D eigenvalue weighted by Gasteiger charge is 2.23. The third kappa shape index (κ3) is 4.21. The van der Waals surface area contributed by atoms with Crippen LogP contribution in [0.15, 0.2) is 65.8 Å². The number of carbonyl (C=O) groups excluding carboxylic acids is 1. The molecule has 2 aromatic heterocycles. The Bertz CT molecular complexity index is 1440. The maximum Gasteiger partial charge on any atom is 0.417 e. The number of hydrogen-bond acceptors (Lipinski definition) is 5. The molecule has 0 atom stereocenters. The first-order valence-electron chi connectivity index (χ1n) is 8.92. The highest BCUT2D eigenvalue weighted by molar-refractivity contribution is 7.92. The summed E-state index contributed by atoms with van der Waals surface area (Å²) in [5.74, 6) is -3.67. The molecule has 2 heterocycles. The molecule has 0 bridgehead atoms. The molecular weight excluding hydrogens is 449 g/mol. The molecule has 0 radical (unpaired) electrons. The van der Waals surface area contributed by atoms with E-state index < -0.39 is 49.8 Å². The lowest BCUT2D eigenvalue weighted by Gasteiger charge is -2.13. The number of halogens is 3. The molecule has 0 aliphatic carbocycles. The van der Waals surface area contributed by atoms with Crippen molar-refractivity contribution < 1.29 is 31.1 Å². The van der Waals surface area contributed by atoms with E-state index in [0.717, 1.165) is 24.3 Å². The molecule has 8 nitrogen and oxygen atoms in total. The van der Waals surface area contributed by atoms with Gasteiger partial charge in [-0.15, -0.1) is 0 Å². The predicted molar refractivity (Wildman–Crippen MR) is 109 cm³/mol. The number of aromatic nitrogens is 2. The SMILES string of the molecule is O=C(Nc1c(F)ccc(NS(=O)(=O)c2ccccc2F)c1F)Oc1cnc2[nH]ccc2c1. The van der Waals surface area contributed by atoms with Crippen molar-refractivity contribution in [3.63, 3.8) is 0 Å². The van der Waals surface area contributed by atoms with E-state index in [2.05, 4.69) is 9.97 Å². The Balaban J connectivity index is 1.56. The number of anilines is 2. The van der Waals surface area contributed by atoms with Crippen molar-refractivity contribution in [1.29, 1.82) is 0 Å². The molecule has 0 fully saturated rings. The van der Waals surface area contributed by atoms with E-state index in [9.17, 15) is 26.4 Å². The quantitative estimate of drug-likeness (QED) is 0.407. The zero-order chi connectivity index (χ0) is 22.9. The third-order valence-electron chi connectivity index (χ3n) is 4.27. The third-order valence-corrected chi connectivity index (χ3v) is 5.67. The predicted octanol–water partition coefficient (Wildman–Crippen LogP) is 4.39. The second-order valence-electron chi connectivity index (χ2n) is 6.42. The number of nitrogens with one attached hydrogen (secondary N) is 3. The Hall–Kier alpha value is -4.06. The number of aromatic amines is 1. The molecular formula is C20H13F3N4O4S.